The number of ether oxygens (including phenoxy) is 1. The third-order valence-corrected chi connectivity index (χ3v) is 1.61. The molecule has 0 amide bonds. The first-order chi connectivity index (χ1) is 6.69. The standard InChI is InChI=1S/C10H7F2NO/c1-2-7-4-3-5-9(8(7)6-13)14-10(11)12/h2-5,10H,1H2. The summed E-state index contributed by atoms with van der Waals surface area (Å²) in [5, 5.41) is 8.72. The lowest BCUT2D eigenvalue weighted by atomic mass is 10.1. The summed E-state index contributed by atoms with van der Waals surface area (Å²) >= 11 is 0. The van der Waals surface area contributed by atoms with Crippen LogP contribution in [0.2, 0.25) is 0 Å². The number of rotatable bonds is 3. The summed E-state index contributed by atoms with van der Waals surface area (Å²) in [5.41, 5.74) is 0.549. The Kier molecular flexibility index (Phi) is 3.19. The van der Waals surface area contributed by atoms with Gasteiger partial charge in [-0.2, -0.15) is 14.0 Å². The van der Waals surface area contributed by atoms with Gasteiger partial charge in [0.2, 0.25) is 0 Å². The van der Waals surface area contributed by atoms with Crippen LogP contribution in [0.4, 0.5) is 8.78 Å². The molecule has 2 nitrogen and oxygen atoms in total. The molecule has 0 aliphatic rings. The van der Waals surface area contributed by atoms with Crippen molar-refractivity contribution < 1.29 is 13.5 Å². The number of nitriles is 1. The van der Waals surface area contributed by atoms with Crippen molar-refractivity contribution in [1.29, 1.82) is 5.26 Å². The van der Waals surface area contributed by atoms with Gasteiger partial charge in [-0.1, -0.05) is 24.8 Å². The third-order valence-electron chi connectivity index (χ3n) is 1.61. The van der Waals surface area contributed by atoms with Gasteiger partial charge >= 0.3 is 6.61 Å². The van der Waals surface area contributed by atoms with Gasteiger partial charge in [-0.3, -0.25) is 0 Å². The first-order valence-corrected chi connectivity index (χ1v) is 3.79. The van der Waals surface area contributed by atoms with Crippen molar-refractivity contribution >= 4 is 6.08 Å². The van der Waals surface area contributed by atoms with E-state index in [0.29, 0.717) is 5.56 Å². The molecule has 4 heteroatoms. The van der Waals surface area contributed by atoms with Crippen LogP contribution in [0.5, 0.6) is 5.75 Å². The Labute approximate surface area is 80.0 Å². The number of nitrogens with zero attached hydrogens (tertiary/aromatic N) is 1. The molecule has 72 valence electrons. The maximum Gasteiger partial charge on any atom is 0.387 e. The first kappa shape index (κ1) is 10.2. The van der Waals surface area contributed by atoms with Gasteiger partial charge in [-0.15, -0.1) is 0 Å². The van der Waals surface area contributed by atoms with E-state index in [2.05, 4.69) is 11.3 Å². The molecule has 14 heavy (non-hydrogen) atoms. The normalized spacial score (nSPS) is 9.57. The van der Waals surface area contributed by atoms with E-state index in [-0.39, 0.29) is 11.3 Å². The molecule has 0 aromatic heterocycles. The van der Waals surface area contributed by atoms with Crippen LogP contribution in [0.1, 0.15) is 11.1 Å². The summed E-state index contributed by atoms with van der Waals surface area (Å²) < 4.78 is 28.0. The molecule has 0 fully saturated rings. The Balaban J connectivity index is 3.17. The Bertz CT molecular complexity index is 382. The smallest absolute Gasteiger partial charge is 0.387 e. The largest absolute Gasteiger partial charge is 0.433 e. The molecule has 0 radical (unpaired) electrons. The average Bonchev–Trinajstić information content (AvgIpc) is 2.16. The fourth-order valence-electron chi connectivity index (χ4n) is 1.03. The molecule has 0 unspecified atom stereocenters. The Morgan fingerprint density at radius 3 is 2.71 bits per heavy atom. The van der Waals surface area contributed by atoms with Crippen LogP contribution in [0.25, 0.3) is 6.08 Å². The average molecular weight is 195 g/mol. The van der Waals surface area contributed by atoms with Gasteiger partial charge < -0.3 is 4.74 Å². The first-order valence-electron chi connectivity index (χ1n) is 3.79. The summed E-state index contributed by atoms with van der Waals surface area (Å²) in [6.45, 7) is 0.537. The molecule has 0 atom stereocenters. The number of halogens is 2. The van der Waals surface area contributed by atoms with Gasteiger partial charge in [0.25, 0.3) is 0 Å². The van der Waals surface area contributed by atoms with Crippen LogP contribution in [-0.4, -0.2) is 6.61 Å². The molecule has 0 N–H and O–H groups in total. The van der Waals surface area contributed by atoms with Gasteiger partial charge in [0, 0.05) is 0 Å². The van der Waals surface area contributed by atoms with Gasteiger partial charge in [0.15, 0.2) is 0 Å². The van der Waals surface area contributed by atoms with E-state index in [1.54, 1.807) is 12.1 Å². The fourth-order valence-corrected chi connectivity index (χ4v) is 1.03. The Morgan fingerprint density at radius 2 is 2.21 bits per heavy atom. The summed E-state index contributed by atoms with van der Waals surface area (Å²) in [4.78, 5) is 0. The zero-order valence-corrected chi connectivity index (χ0v) is 7.21. The van der Waals surface area contributed by atoms with Crippen LogP contribution >= 0.6 is 0 Å². The second-order valence-corrected chi connectivity index (χ2v) is 2.41. The highest BCUT2D eigenvalue weighted by atomic mass is 19.3. The van der Waals surface area contributed by atoms with Crippen LogP contribution in [0.15, 0.2) is 24.8 Å². The summed E-state index contributed by atoms with van der Waals surface area (Å²) in [6, 6.07) is 6.23. The lowest BCUT2D eigenvalue weighted by Crippen LogP contribution is -2.04. The number of benzene rings is 1. The molecule has 0 aliphatic carbocycles. The second-order valence-electron chi connectivity index (χ2n) is 2.41. The van der Waals surface area contributed by atoms with Crippen molar-refractivity contribution in [2.45, 2.75) is 6.61 Å². The maximum atomic E-state index is 11.9. The van der Waals surface area contributed by atoms with E-state index < -0.39 is 6.61 Å². The molecule has 0 aliphatic heterocycles. The van der Waals surface area contributed by atoms with Crippen molar-refractivity contribution in [3.05, 3.63) is 35.9 Å². The molecular weight excluding hydrogens is 188 g/mol. The van der Waals surface area contributed by atoms with Crippen LogP contribution in [-0.2, 0) is 0 Å². The van der Waals surface area contributed by atoms with E-state index in [1.165, 1.54) is 18.2 Å². The van der Waals surface area contributed by atoms with E-state index >= 15 is 0 Å². The minimum absolute atomic E-state index is 0.0720. The van der Waals surface area contributed by atoms with Crippen molar-refractivity contribution in [2.75, 3.05) is 0 Å². The lowest BCUT2D eigenvalue weighted by molar-refractivity contribution is -0.0500. The molecule has 1 aromatic carbocycles. The maximum absolute atomic E-state index is 11.9. The van der Waals surface area contributed by atoms with E-state index in [4.69, 9.17) is 5.26 Å². The third kappa shape index (κ3) is 2.07. The molecule has 0 saturated heterocycles. The zero-order chi connectivity index (χ0) is 10.6. The van der Waals surface area contributed by atoms with Crippen molar-refractivity contribution in [3.8, 4) is 11.8 Å². The lowest BCUT2D eigenvalue weighted by Gasteiger charge is -2.07. The molecule has 1 aromatic rings. The van der Waals surface area contributed by atoms with Gasteiger partial charge in [-0.05, 0) is 11.6 Å². The number of alkyl halides is 2. The Morgan fingerprint density at radius 1 is 1.50 bits per heavy atom. The zero-order valence-electron chi connectivity index (χ0n) is 7.21. The van der Waals surface area contributed by atoms with Crippen LogP contribution < -0.4 is 4.74 Å². The molecular formula is C10H7F2NO. The molecule has 0 heterocycles. The van der Waals surface area contributed by atoms with Gasteiger partial charge in [-0.25, -0.2) is 0 Å². The van der Waals surface area contributed by atoms with E-state index in [1.807, 2.05) is 0 Å². The minimum atomic E-state index is -2.93. The molecule has 0 spiro atoms. The Hall–Kier alpha value is -1.89. The molecule has 0 saturated carbocycles. The van der Waals surface area contributed by atoms with Crippen LogP contribution in [0, 0.1) is 11.3 Å². The highest BCUT2D eigenvalue weighted by Gasteiger charge is 2.11. The van der Waals surface area contributed by atoms with E-state index in [9.17, 15) is 8.78 Å². The highest BCUT2D eigenvalue weighted by Crippen LogP contribution is 2.23. The van der Waals surface area contributed by atoms with Gasteiger partial charge in [0.1, 0.15) is 17.4 Å². The second kappa shape index (κ2) is 4.38. The van der Waals surface area contributed by atoms with E-state index in [0.717, 1.165) is 0 Å². The topological polar surface area (TPSA) is 33.0 Å². The predicted molar refractivity (Wildman–Crippen MR) is 47.9 cm³/mol. The van der Waals surface area contributed by atoms with Crippen molar-refractivity contribution in [3.63, 3.8) is 0 Å². The monoisotopic (exact) mass is 195 g/mol. The summed E-state index contributed by atoms with van der Waals surface area (Å²) in [5.74, 6) is -0.125. The van der Waals surface area contributed by atoms with Crippen molar-refractivity contribution in [1.82, 2.24) is 0 Å². The predicted octanol–water partition coefficient (Wildman–Crippen LogP) is 2.80. The number of hydrogen-bond donors (Lipinski definition) is 0. The SMILES string of the molecule is C=Cc1cccc(OC(F)F)c1C#N. The molecule has 0 bridgehead atoms. The molecule has 1 rings (SSSR count). The fraction of sp³-hybridized carbons (Fsp3) is 0.100. The minimum Gasteiger partial charge on any atom is -0.433 e. The quantitative estimate of drug-likeness (QED) is 0.742. The summed E-state index contributed by atoms with van der Waals surface area (Å²) in [6.07, 6.45) is 1.41. The van der Waals surface area contributed by atoms with Gasteiger partial charge in [0.05, 0.1) is 0 Å². The number of hydrogen-bond acceptors (Lipinski definition) is 2. The van der Waals surface area contributed by atoms with Crippen molar-refractivity contribution in [2.24, 2.45) is 0 Å². The van der Waals surface area contributed by atoms with Crippen LogP contribution in [0.3, 0.4) is 0 Å². The summed E-state index contributed by atoms with van der Waals surface area (Å²) in [7, 11) is 0. The highest BCUT2D eigenvalue weighted by molar-refractivity contribution is 5.61.